The standard InChI is InChI=1S/C17H24N4OS/c1-5-14(6-2)18-16(22)11-23-17-20-19-13(4)21(17)15-9-7-8-12(3)10-15/h7-10,14H,5-6,11H2,1-4H3,(H,18,22). The summed E-state index contributed by atoms with van der Waals surface area (Å²) in [5, 5.41) is 12.2. The van der Waals surface area contributed by atoms with E-state index in [0.717, 1.165) is 29.5 Å². The van der Waals surface area contributed by atoms with Gasteiger partial charge in [-0.1, -0.05) is 37.7 Å². The van der Waals surface area contributed by atoms with Crippen molar-refractivity contribution >= 4 is 17.7 Å². The normalized spacial score (nSPS) is 11.0. The Labute approximate surface area is 141 Å². The van der Waals surface area contributed by atoms with Gasteiger partial charge in [0, 0.05) is 11.7 Å². The highest BCUT2D eigenvalue weighted by Crippen LogP contribution is 2.22. The summed E-state index contributed by atoms with van der Waals surface area (Å²) in [5.74, 6) is 1.21. The minimum Gasteiger partial charge on any atom is -0.353 e. The molecule has 0 unspecified atom stereocenters. The molecule has 2 rings (SSSR count). The zero-order valence-electron chi connectivity index (χ0n) is 14.2. The molecule has 0 aliphatic heterocycles. The van der Waals surface area contributed by atoms with Gasteiger partial charge in [-0.25, -0.2) is 0 Å². The lowest BCUT2D eigenvalue weighted by Gasteiger charge is -2.14. The lowest BCUT2D eigenvalue weighted by atomic mass is 10.2. The van der Waals surface area contributed by atoms with E-state index in [0.29, 0.717) is 5.75 Å². The topological polar surface area (TPSA) is 59.8 Å². The van der Waals surface area contributed by atoms with E-state index in [9.17, 15) is 4.79 Å². The Morgan fingerprint density at radius 1 is 1.26 bits per heavy atom. The Morgan fingerprint density at radius 2 is 2.00 bits per heavy atom. The minimum atomic E-state index is 0.0418. The molecule has 5 nitrogen and oxygen atoms in total. The van der Waals surface area contributed by atoms with Gasteiger partial charge in [0.25, 0.3) is 0 Å². The summed E-state index contributed by atoms with van der Waals surface area (Å²) in [4.78, 5) is 12.1. The molecule has 1 N–H and O–H groups in total. The Hall–Kier alpha value is -1.82. The first kappa shape index (κ1) is 17.5. The molecular weight excluding hydrogens is 308 g/mol. The van der Waals surface area contributed by atoms with Gasteiger partial charge >= 0.3 is 0 Å². The monoisotopic (exact) mass is 332 g/mol. The molecule has 2 aromatic rings. The average Bonchev–Trinajstić information content (AvgIpc) is 2.91. The maximum absolute atomic E-state index is 12.1. The number of hydrogen-bond donors (Lipinski definition) is 1. The molecule has 0 saturated carbocycles. The zero-order chi connectivity index (χ0) is 16.8. The van der Waals surface area contributed by atoms with E-state index in [1.807, 2.05) is 23.6 Å². The van der Waals surface area contributed by atoms with E-state index < -0.39 is 0 Å². The van der Waals surface area contributed by atoms with Crippen molar-refractivity contribution in [2.75, 3.05) is 5.75 Å². The Kier molecular flexibility index (Phi) is 6.21. The van der Waals surface area contributed by atoms with Crippen LogP contribution in [-0.2, 0) is 4.79 Å². The second-order valence-electron chi connectivity index (χ2n) is 5.57. The molecule has 124 valence electrons. The van der Waals surface area contributed by atoms with Crippen LogP contribution in [0.5, 0.6) is 0 Å². The molecule has 6 heteroatoms. The van der Waals surface area contributed by atoms with Gasteiger partial charge in [0.05, 0.1) is 5.75 Å². The van der Waals surface area contributed by atoms with E-state index in [1.54, 1.807) is 0 Å². The van der Waals surface area contributed by atoms with Crippen LogP contribution in [-0.4, -0.2) is 32.5 Å². The number of nitrogens with zero attached hydrogens (tertiary/aromatic N) is 3. The quantitative estimate of drug-likeness (QED) is 0.791. The predicted octanol–water partition coefficient (Wildman–Crippen LogP) is 3.28. The maximum Gasteiger partial charge on any atom is 0.230 e. The average molecular weight is 332 g/mol. The third kappa shape index (κ3) is 4.58. The fourth-order valence-electron chi connectivity index (χ4n) is 2.39. The summed E-state index contributed by atoms with van der Waals surface area (Å²) >= 11 is 1.42. The van der Waals surface area contributed by atoms with E-state index in [1.165, 1.54) is 17.3 Å². The SMILES string of the molecule is CCC(CC)NC(=O)CSc1nnc(C)n1-c1cccc(C)c1. The fraction of sp³-hybridized carbons (Fsp3) is 0.471. The van der Waals surface area contributed by atoms with Gasteiger partial charge in [0.2, 0.25) is 5.91 Å². The van der Waals surface area contributed by atoms with E-state index >= 15 is 0 Å². The summed E-state index contributed by atoms with van der Waals surface area (Å²) in [6.45, 7) is 8.14. The molecule has 1 aromatic heterocycles. The fourth-order valence-corrected chi connectivity index (χ4v) is 3.20. The van der Waals surface area contributed by atoms with Crippen molar-refractivity contribution in [3.05, 3.63) is 35.7 Å². The van der Waals surface area contributed by atoms with Gasteiger partial charge in [0.1, 0.15) is 5.82 Å². The van der Waals surface area contributed by atoms with Gasteiger partial charge < -0.3 is 5.32 Å². The summed E-state index contributed by atoms with van der Waals surface area (Å²) in [6.07, 6.45) is 1.90. The third-order valence-electron chi connectivity index (χ3n) is 3.74. The minimum absolute atomic E-state index is 0.0418. The second kappa shape index (κ2) is 8.15. The van der Waals surface area contributed by atoms with Crippen molar-refractivity contribution in [3.8, 4) is 5.69 Å². The Bertz CT molecular complexity index is 664. The number of carbonyl (C=O) groups excluding carboxylic acids is 1. The van der Waals surface area contributed by atoms with Crippen molar-refractivity contribution in [2.45, 2.75) is 51.7 Å². The predicted molar refractivity (Wildman–Crippen MR) is 94.1 cm³/mol. The summed E-state index contributed by atoms with van der Waals surface area (Å²) in [5.41, 5.74) is 2.20. The summed E-state index contributed by atoms with van der Waals surface area (Å²) in [6, 6.07) is 8.43. The highest BCUT2D eigenvalue weighted by Gasteiger charge is 2.14. The number of thioether (sulfide) groups is 1. The van der Waals surface area contributed by atoms with Gasteiger partial charge in [-0.05, 0) is 44.4 Å². The van der Waals surface area contributed by atoms with Gasteiger partial charge in [-0.2, -0.15) is 0 Å². The number of aryl methyl sites for hydroxylation is 2. The lowest BCUT2D eigenvalue weighted by molar-refractivity contribution is -0.119. The van der Waals surface area contributed by atoms with Crippen molar-refractivity contribution in [1.29, 1.82) is 0 Å². The molecule has 1 heterocycles. The largest absolute Gasteiger partial charge is 0.353 e. The van der Waals surface area contributed by atoms with Crippen molar-refractivity contribution in [3.63, 3.8) is 0 Å². The number of hydrogen-bond acceptors (Lipinski definition) is 4. The van der Waals surface area contributed by atoms with Crippen LogP contribution in [0.1, 0.15) is 38.1 Å². The second-order valence-corrected chi connectivity index (χ2v) is 6.52. The van der Waals surface area contributed by atoms with Crippen LogP contribution in [0.25, 0.3) is 5.69 Å². The van der Waals surface area contributed by atoms with Crippen molar-refractivity contribution in [1.82, 2.24) is 20.1 Å². The molecule has 0 aliphatic carbocycles. The first-order valence-corrected chi connectivity index (χ1v) is 8.94. The maximum atomic E-state index is 12.1. The lowest BCUT2D eigenvalue weighted by Crippen LogP contribution is -2.35. The highest BCUT2D eigenvalue weighted by atomic mass is 32.2. The van der Waals surface area contributed by atoms with Crippen LogP contribution >= 0.6 is 11.8 Å². The zero-order valence-corrected chi connectivity index (χ0v) is 15.0. The van der Waals surface area contributed by atoms with E-state index in [2.05, 4.69) is 48.4 Å². The molecule has 1 aromatic carbocycles. The van der Waals surface area contributed by atoms with E-state index in [4.69, 9.17) is 0 Å². The van der Waals surface area contributed by atoms with E-state index in [-0.39, 0.29) is 11.9 Å². The molecule has 1 amide bonds. The highest BCUT2D eigenvalue weighted by molar-refractivity contribution is 7.99. The molecule has 0 saturated heterocycles. The van der Waals surface area contributed by atoms with Crippen molar-refractivity contribution in [2.24, 2.45) is 0 Å². The number of carbonyl (C=O) groups is 1. The van der Waals surface area contributed by atoms with Gasteiger partial charge in [0.15, 0.2) is 5.16 Å². The van der Waals surface area contributed by atoms with Crippen LogP contribution in [0.15, 0.2) is 29.4 Å². The number of nitrogens with one attached hydrogen (secondary N) is 1. The van der Waals surface area contributed by atoms with Crippen LogP contribution in [0, 0.1) is 13.8 Å². The van der Waals surface area contributed by atoms with Crippen LogP contribution in [0.3, 0.4) is 0 Å². The number of rotatable bonds is 7. The molecule has 0 aliphatic rings. The number of amides is 1. The molecule has 0 fully saturated rings. The first-order chi connectivity index (χ1) is 11.0. The van der Waals surface area contributed by atoms with Gasteiger partial charge in [-0.15, -0.1) is 10.2 Å². The number of benzene rings is 1. The molecule has 0 spiro atoms. The number of aromatic nitrogens is 3. The van der Waals surface area contributed by atoms with Crippen molar-refractivity contribution < 1.29 is 4.79 Å². The first-order valence-electron chi connectivity index (χ1n) is 7.96. The summed E-state index contributed by atoms with van der Waals surface area (Å²) in [7, 11) is 0. The summed E-state index contributed by atoms with van der Waals surface area (Å²) < 4.78 is 1.99. The molecule has 0 bridgehead atoms. The molecular formula is C17H24N4OS. The molecule has 0 radical (unpaired) electrons. The smallest absolute Gasteiger partial charge is 0.230 e. The third-order valence-corrected chi connectivity index (χ3v) is 4.67. The Balaban J connectivity index is 2.09. The van der Waals surface area contributed by atoms with Crippen LogP contribution in [0.2, 0.25) is 0 Å². The Morgan fingerprint density at radius 3 is 2.65 bits per heavy atom. The van der Waals surface area contributed by atoms with Crippen LogP contribution < -0.4 is 5.32 Å². The molecule has 23 heavy (non-hydrogen) atoms. The van der Waals surface area contributed by atoms with Crippen LogP contribution in [0.4, 0.5) is 0 Å². The van der Waals surface area contributed by atoms with Gasteiger partial charge in [-0.3, -0.25) is 9.36 Å². The molecule has 0 atom stereocenters.